The number of aryl methyl sites for hydroxylation is 1. The van der Waals surface area contributed by atoms with Crippen LogP contribution in [-0.2, 0) is 0 Å². The fourth-order valence-corrected chi connectivity index (χ4v) is 5.52. The molecule has 0 amide bonds. The van der Waals surface area contributed by atoms with Crippen molar-refractivity contribution in [1.82, 2.24) is 0 Å². The molecule has 0 saturated carbocycles. The first-order chi connectivity index (χ1) is 17.2. The maximum atomic E-state index is 4.15. The third-order valence-electron chi connectivity index (χ3n) is 7.07. The van der Waals surface area contributed by atoms with Crippen LogP contribution in [-0.4, -0.2) is 0 Å². The van der Waals surface area contributed by atoms with Gasteiger partial charge in [0.1, 0.15) is 0 Å². The van der Waals surface area contributed by atoms with Crippen molar-refractivity contribution in [3.63, 3.8) is 0 Å². The lowest BCUT2D eigenvalue weighted by Crippen LogP contribution is -1.94. The highest BCUT2D eigenvalue weighted by atomic mass is 14.2. The molecule has 6 aromatic carbocycles. The number of hydrogen-bond acceptors (Lipinski definition) is 0. The van der Waals surface area contributed by atoms with Gasteiger partial charge in [-0.1, -0.05) is 134 Å². The van der Waals surface area contributed by atoms with Crippen LogP contribution in [0.3, 0.4) is 0 Å². The van der Waals surface area contributed by atoms with Crippen molar-refractivity contribution < 1.29 is 0 Å². The molecular formula is C35H26. The molecule has 35 heavy (non-hydrogen) atoms. The minimum atomic E-state index is 1.10. The molecule has 0 bridgehead atoms. The van der Waals surface area contributed by atoms with Crippen LogP contribution in [0.1, 0.15) is 16.7 Å². The lowest BCUT2D eigenvalue weighted by atomic mass is 9.82. The smallest absolute Gasteiger partial charge is 0.00200 e. The summed E-state index contributed by atoms with van der Waals surface area (Å²) < 4.78 is 0. The quantitative estimate of drug-likeness (QED) is 0.236. The maximum absolute atomic E-state index is 4.15. The van der Waals surface area contributed by atoms with Gasteiger partial charge in [0.25, 0.3) is 0 Å². The molecule has 6 rings (SSSR count). The molecule has 0 saturated heterocycles. The van der Waals surface area contributed by atoms with E-state index >= 15 is 0 Å². The molecule has 0 heteroatoms. The summed E-state index contributed by atoms with van der Waals surface area (Å²) in [5.74, 6) is 0. The minimum Gasteiger partial charge on any atom is -0.0984 e. The van der Waals surface area contributed by atoms with Crippen molar-refractivity contribution in [3.8, 4) is 22.3 Å². The summed E-state index contributed by atoms with van der Waals surface area (Å²) in [5, 5.41) is 7.56. The SMILES string of the molecule is C=Cc1cccc(-c2c3ccccc3c(-c3cccc4ccccc34)c3cc(C)ccc23)c1C=C. The number of hydrogen-bond donors (Lipinski definition) is 0. The van der Waals surface area contributed by atoms with Crippen LogP contribution in [0.4, 0.5) is 0 Å². The summed E-state index contributed by atoms with van der Waals surface area (Å²) in [4.78, 5) is 0. The van der Waals surface area contributed by atoms with E-state index in [0.29, 0.717) is 0 Å². The molecule has 0 atom stereocenters. The summed E-state index contributed by atoms with van der Waals surface area (Å²) in [6, 6.07) is 37.4. The monoisotopic (exact) mass is 446 g/mol. The molecular weight excluding hydrogens is 420 g/mol. The van der Waals surface area contributed by atoms with E-state index in [-0.39, 0.29) is 0 Å². The zero-order chi connectivity index (χ0) is 23.9. The number of rotatable bonds is 4. The number of benzene rings is 6. The van der Waals surface area contributed by atoms with Crippen LogP contribution in [0.15, 0.2) is 116 Å². The van der Waals surface area contributed by atoms with Crippen molar-refractivity contribution in [2.45, 2.75) is 6.92 Å². The predicted octanol–water partition coefficient (Wildman–Crippen LogP) is 10.1. The lowest BCUT2D eigenvalue weighted by Gasteiger charge is -2.20. The van der Waals surface area contributed by atoms with E-state index in [1.165, 1.54) is 60.1 Å². The van der Waals surface area contributed by atoms with Crippen molar-refractivity contribution >= 4 is 44.5 Å². The molecule has 0 radical (unpaired) electrons. The van der Waals surface area contributed by atoms with Gasteiger partial charge in [-0.2, -0.15) is 0 Å². The van der Waals surface area contributed by atoms with Crippen LogP contribution < -0.4 is 0 Å². The molecule has 0 unspecified atom stereocenters. The normalized spacial score (nSPS) is 11.2. The van der Waals surface area contributed by atoms with Gasteiger partial charge in [-0.25, -0.2) is 0 Å². The molecule has 0 nitrogen and oxygen atoms in total. The van der Waals surface area contributed by atoms with Gasteiger partial charge in [-0.3, -0.25) is 0 Å². The van der Waals surface area contributed by atoms with Crippen molar-refractivity contribution in [2.24, 2.45) is 0 Å². The molecule has 6 aromatic rings. The van der Waals surface area contributed by atoms with E-state index in [1.807, 2.05) is 12.2 Å². The second-order valence-electron chi connectivity index (χ2n) is 9.09. The van der Waals surface area contributed by atoms with Gasteiger partial charge in [-0.05, 0) is 72.6 Å². The van der Waals surface area contributed by atoms with Crippen LogP contribution >= 0.6 is 0 Å². The molecule has 0 aliphatic carbocycles. The Morgan fingerprint density at radius 3 is 1.86 bits per heavy atom. The molecule has 0 aromatic heterocycles. The zero-order valence-corrected chi connectivity index (χ0v) is 19.9. The van der Waals surface area contributed by atoms with E-state index < -0.39 is 0 Å². The van der Waals surface area contributed by atoms with Gasteiger partial charge in [0.15, 0.2) is 0 Å². The Bertz CT molecular complexity index is 1780. The summed E-state index contributed by atoms with van der Waals surface area (Å²) in [6.07, 6.45) is 3.87. The second kappa shape index (κ2) is 8.42. The van der Waals surface area contributed by atoms with Crippen LogP contribution in [0, 0.1) is 6.92 Å². The summed E-state index contributed by atoms with van der Waals surface area (Å²) >= 11 is 0. The number of fused-ring (bicyclic) bond motifs is 3. The first-order valence-electron chi connectivity index (χ1n) is 12.0. The summed E-state index contributed by atoms with van der Waals surface area (Å²) in [7, 11) is 0. The van der Waals surface area contributed by atoms with Gasteiger partial charge < -0.3 is 0 Å². The first kappa shape index (κ1) is 21.1. The highest BCUT2D eigenvalue weighted by Crippen LogP contribution is 2.46. The Morgan fingerprint density at radius 1 is 0.514 bits per heavy atom. The van der Waals surface area contributed by atoms with Gasteiger partial charge in [0.05, 0.1) is 0 Å². The van der Waals surface area contributed by atoms with E-state index in [0.717, 1.165) is 11.1 Å². The molecule has 0 aliphatic rings. The van der Waals surface area contributed by atoms with Crippen molar-refractivity contribution in [3.05, 3.63) is 133 Å². The Balaban J connectivity index is 1.86. The highest BCUT2D eigenvalue weighted by molar-refractivity contribution is 6.24. The zero-order valence-electron chi connectivity index (χ0n) is 19.9. The third kappa shape index (κ3) is 3.30. The minimum absolute atomic E-state index is 1.10. The van der Waals surface area contributed by atoms with Gasteiger partial charge in [0, 0.05) is 0 Å². The van der Waals surface area contributed by atoms with Gasteiger partial charge in [0.2, 0.25) is 0 Å². The third-order valence-corrected chi connectivity index (χ3v) is 7.07. The van der Waals surface area contributed by atoms with E-state index in [1.54, 1.807) is 0 Å². The van der Waals surface area contributed by atoms with Gasteiger partial charge >= 0.3 is 0 Å². The summed E-state index contributed by atoms with van der Waals surface area (Å²) in [6.45, 7) is 10.4. The molecule has 0 heterocycles. The fraction of sp³-hybridized carbons (Fsp3) is 0.0286. The molecule has 0 fully saturated rings. The Kier molecular flexibility index (Phi) is 5.08. The topological polar surface area (TPSA) is 0 Å². The molecule has 0 aliphatic heterocycles. The first-order valence-corrected chi connectivity index (χ1v) is 12.0. The lowest BCUT2D eigenvalue weighted by molar-refractivity contribution is 1.51. The largest absolute Gasteiger partial charge is 0.0984 e. The predicted molar refractivity (Wildman–Crippen MR) is 155 cm³/mol. The average molecular weight is 447 g/mol. The molecule has 0 N–H and O–H groups in total. The van der Waals surface area contributed by atoms with E-state index in [2.05, 4.69) is 123 Å². The Hall–Kier alpha value is -4.42. The van der Waals surface area contributed by atoms with E-state index in [9.17, 15) is 0 Å². The van der Waals surface area contributed by atoms with Gasteiger partial charge in [-0.15, -0.1) is 0 Å². The average Bonchev–Trinajstić information content (AvgIpc) is 2.91. The Labute approximate surface area is 206 Å². The fourth-order valence-electron chi connectivity index (χ4n) is 5.52. The van der Waals surface area contributed by atoms with Crippen LogP contribution in [0.5, 0.6) is 0 Å². The van der Waals surface area contributed by atoms with Crippen LogP contribution in [0.25, 0.3) is 66.7 Å². The standard InChI is InChI=1S/C35H26/c1-4-24-13-10-18-28(26(24)5-2)34-30-16-8-9-17-31(30)35(33-22-23(3)20-21-32(33)34)29-19-11-14-25-12-6-7-15-27(25)29/h4-22H,1-2H2,3H3. The maximum Gasteiger partial charge on any atom is -0.00200 e. The Morgan fingerprint density at radius 2 is 1.11 bits per heavy atom. The molecule has 166 valence electrons. The van der Waals surface area contributed by atoms with Crippen molar-refractivity contribution in [2.75, 3.05) is 0 Å². The van der Waals surface area contributed by atoms with E-state index in [4.69, 9.17) is 0 Å². The second-order valence-corrected chi connectivity index (χ2v) is 9.09. The van der Waals surface area contributed by atoms with Crippen molar-refractivity contribution in [1.29, 1.82) is 0 Å². The van der Waals surface area contributed by atoms with Crippen LogP contribution in [0.2, 0.25) is 0 Å². The molecule has 0 spiro atoms. The summed E-state index contributed by atoms with van der Waals surface area (Å²) in [5.41, 5.74) is 8.46. The highest BCUT2D eigenvalue weighted by Gasteiger charge is 2.19.